The largest absolute Gasteiger partial charge is 0.490 e. The van der Waals surface area contributed by atoms with E-state index in [-0.39, 0.29) is 12.5 Å². The molecule has 1 heterocycles. The number of anilines is 2. The van der Waals surface area contributed by atoms with E-state index in [4.69, 9.17) is 21.7 Å². The van der Waals surface area contributed by atoms with Crippen molar-refractivity contribution in [1.29, 1.82) is 5.26 Å². The highest BCUT2D eigenvalue weighted by atomic mass is 32.2. The molecule has 0 unspecified atom stereocenters. The number of thioether (sulfide) groups is 1. The molecule has 3 aromatic carbocycles. The van der Waals surface area contributed by atoms with Gasteiger partial charge in [0, 0.05) is 25.3 Å². The van der Waals surface area contributed by atoms with Crippen LogP contribution in [-0.4, -0.2) is 30.9 Å². The third-order valence-electron chi connectivity index (χ3n) is 5.50. The van der Waals surface area contributed by atoms with E-state index in [1.165, 1.54) is 11.8 Å². The Labute approximate surface area is 220 Å². The van der Waals surface area contributed by atoms with E-state index in [0.717, 1.165) is 22.5 Å². The van der Waals surface area contributed by atoms with Gasteiger partial charge in [-0.2, -0.15) is 5.26 Å². The summed E-state index contributed by atoms with van der Waals surface area (Å²) in [6, 6.07) is 22.7. The van der Waals surface area contributed by atoms with Crippen molar-refractivity contribution in [3.63, 3.8) is 0 Å². The lowest BCUT2D eigenvalue weighted by Crippen LogP contribution is -2.27. The van der Waals surface area contributed by atoms with E-state index in [1.807, 2.05) is 92.7 Å². The Kier molecular flexibility index (Phi) is 7.93. The molecule has 182 valence electrons. The van der Waals surface area contributed by atoms with Crippen molar-refractivity contribution in [2.24, 2.45) is 0 Å². The third-order valence-corrected chi connectivity index (χ3v) is 6.81. The molecule has 0 aromatic heterocycles. The minimum absolute atomic E-state index is 0.158. The topological polar surface area (TPSA) is 65.8 Å². The van der Waals surface area contributed by atoms with Crippen LogP contribution in [0.25, 0.3) is 6.08 Å². The van der Waals surface area contributed by atoms with Gasteiger partial charge < -0.3 is 14.4 Å². The van der Waals surface area contributed by atoms with E-state index in [0.29, 0.717) is 32.9 Å². The van der Waals surface area contributed by atoms with Gasteiger partial charge in [0.1, 0.15) is 6.61 Å². The summed E-state index contributed by atoms with van der Waals surface area (Å²) in [7, 11) is 3.94. The number of hydrogen-bond acceptors (Lipinski definition) is 7. The van der Waals surface area contributed by atoms with E-state index in [1.54, 1.807) is 11.0 Å². The van der Waals surface area contributed by atoms with Gasteiger partial charge in [-0.15, -0.1) is 0 Å². The fourth-order valence-electron chi connectivity index (χ4n) is 3.65. The maximum absolute atomic E-state index is 13.2. The molecule has 0 spiro atoms. The molecule has 0 saturated carbocycles. The molecule has 0 N–H and O–H groups in total. The number of benzene rings is 3. The van der Waals surface area contributed by atoms with E-state index < -0.39 is 0 Å². The molecule has 1 aliphatic rings. The number of carbonyl (C=O) groups excluding carboxylic acids is 1. The van der Waals surface area contributed by atoms with Gasteiger partial charge in [-0.25, -0.2) is 0 Å². The first-order valence-corrected chi connectivity index (χ1v) is 12.6. The van der Waals surface area contributed by atoms with Crippen molar-refractivity contribution in [3.8, 4) is 17.6 Å². The van der Waals surface area contributed by atoms with Gasteiger partial charge >= 0.3 is 0 Å². The van der Waals surface area contributed by atoms with Crippen LogP contribution < -0.4 is 19.3 Å². The standard InChI is InChI=1S/C28H25N3O3S2/c1-4-33-25-15-19(9-14-24(25)34-18-21-8-6-5-7-20(21)17-29)16-26-27(32)31(28(35)36-26)23-12-10-22(11-13-23)30(2)3/h5-16H,4,18H2,1-3H3/b26-16+. The van der Waals surface area contributed by atoms with Crippen molar-refractivity contribution in [2.45, 2.75) is 13.5 Å². The monoisotopic (exact) mass is 515 g/mol. The van der Waals surface area contributed by atoms with Gasteiger partial charge in [-0.05, 0) is 61.0 Å². The highest BCUT2D eigenvalue weighted by Gasteiger charge is 2.33. The van der Waals surface area contributed by atoms with E-state index in [2.05, 4.69) is 6.07 Å². The van der Waals surface area contributed by atoms with Gasteiger partial charge in [0.2, 0.25) is 0 Å². The highest BCUT2D eigenvalue weighted by Crippen LogP contribution is 2.38. The Morgan fingerprint density at radius 3 is 2.50 bits per heavy atom. The maximum Gasteiger partial charge on any atom is 0.270 e. The zero-order chi connectivity index (χ0) is 25.7. The number of nitrogens with zero attached hydrogens (tertiary/aromatic N) is 3. The number of rotatable bonds is 8. The summed E-state index contributed by atoms with van der Waals surface area (Å²) in [5, 5.41) is 9.31. The molecule has 3 aromatic rings. The normalized spacial score (nSPS) is 14.2. The zero-order valence-corrected chi connectivity index (χ0v) is 21.9. The lowest BCUT2D eigenvalue weighted by molar-refractivity contribution is -0.113. The van der Waals surface area contributed by atoms with Crippen LogP contribution in [0.15, 0.2) is 71.6 Å². The molecule has 8 heteroatoms. The van der Waals surface area contributed by atoms with Gasteiger partial charge in [-0.3, -0.25) is 9.69 Å². The molecular weight excluding hydrogens is 490 g/mol. The number of carbonyl (C=O) groups is 1. The summed E-state index contributed by atoms with van der Waals surface area (Å²) < 4.78 is 12.3. The number of amides is 1. The minimum atomic E-state index is -0.158. The zero-order valence-electron chi connectivity index (χ0n) is 20.2. The Hall–Kier alpha value is -3.80. The molecule has 36 heavy (non-hydrogen) atoms. The summed E-state index contributed by atoms with van der Waals surface area (Å²) in [5.41, 5.74) is 3.95. The first kappa shape index (κ1) is 25.3. The molecule has 1 saturated heterocycles. The lowest BCUT2D eigenvalue weighted by Gasteiger charge is -2.17. The smallest absolute Gasteiger partial charge is 0.270 e. The SMILES string of the molecule is CCOc1cc(/C=C2/SC(=S)N(c3ccc(N(C)C)cc3)C2=O)ccc1OCc1ccccc1C#N. The van der Waals surface area contributed by atoms with Crippen LogP contribution in [0.4, 0.5) is 11.4 Å². The third kappa shape index (κ3) is 5.54. The molecule has 0 aliphatic carbocycles. The van der Waals surface area contributed by atoms with Crippen LogP contribution in [0.1, 0.15) is 23.6 Å². The molecule has 0 atom stereocenters. The number of ether oxygens (including phenoxy) is 2. The second-order valence-electron chi connectivity index (χ2n) is 8.12. The molecule has 0 radical (unpaired) electrons. The average molecular weight is 516 g/mol. The highest BCUT2D eigenvalue weighted by molar-refractivity contribution is 8.27. The summed E-state index contributed by atoms with van der Waals surface area (Å²) >= 11 is 6.79. The van der Waals surface area contributed by atoms with Crippen LogP contribution in [0.3, 0.4) is 0 Å². The van der Waals surface area contributed by atoms with E-state index >= 15 is 0 Å². The lowest BCUT2D eigenvalue weighted by atomic mass is 10.1. The first-order valence-electron chi connectivity index (χ1n) is 11.3. The average Bonchev–Trinajstić information content (AvgIpc) is 3.16. The first-order chi connectivity index (χ1) is 17.4. The number of thiocarbonyl (C=S) groups is 1. The quantitative estimate of drug-likeness (QED) is 0.269. The van der Waals surface area contributed by atoms with Gasteiger partial charge in [0.25, 0.3) is 5.91 Å². The molecule has 1 fully saturated rings. The van der Waals surface area contributed by atoms with Crippen molar-refractivity contribution < 1.29 is 14.3 Å². The van der Waals surface area contributed by atoms with Crippen LogP contribution in [-0.2, 0) is 11.4 Å². The molecular formula is C28H25N3O3S2. The van der Waals surface area contributed by atoms with Crippen LogP contribution in [0.5, 0.6) is 11.5 Å². The van der Waals surface area contributed by atoms with Gasteiger partial charge in [0.05, 0.1) is 28.8 Å². The van der Waals surface area contributed by atoms with Crippen molar-refractivity contribution in [1.82, 2.24) is 0 Å². The van der Waals surface area contributed by atoms with Crippen molar-refractivity contribution in [3.05, 3.63) is 88.3 Å². The number of nitriles is 1. The Balaban J connectivity index is 1.54. The van der Waals surface area contributed by atoms with Crippen molar-refractivity contribution >= 4 is 51.7 Å². The minimum Gasteiger partial charge on any atom is -0.490 e. The summed E-state index contributed by atoms with van der Waals surface area (Å²) in [5.74, 6) is 0.972. The Morgan fingerprint density at radius 2 is 1.81 bits per heavy atom. The summed E-state index contributed by atoms with van der Waals surface area (Å²) in [6.45, 7) is 2.60. The fourth-order valence-corrected chi connectivity index (χ4v) is 4.95. The Morgan fingerprint density at radius 1 is 1.06 bits per heavy atom. The molecule has 4 rings (SSSR count). The van der Waals surface area contributed by atoms with Gasteiger partial charge in [-0.1, -0.05) is 48.2 Å². The Bertz CT molecular complexity index is 1360. The van der Waals surface area contributed by atoms with Crippen molar-refractivity contribution in [2.75, 3.05) is 30.5 Å². The molecule has 6 nitrogen and oxygen atoms in total. The summed E-state index contributed by atoms with van der Waals surface area (Å²) in [6.07, 6.45) is 1.81. The second kappa shape index (κ2) is 11.3. The van der Waals surface area contributed by atoms with Crippen LogP contribution in [0.2, 0.25) is 0 Å². The second-order valence-corrected chi connectivity index (χ2v) is 9.80. The van der Waals surface area contributed by atoms with Gasteiger partial charge in [0.15, 0.2) is 15.8 Å². The van der Waals surface area contributed by atoms with Crippen LogP contribution >= 0.6 is 24.0 Å². The predicted molar refractivity (Wildman–Crippen MR) is 150 cm³/mol. The van der Waals surface area contributed by atoms with E-state index in [9.17, 15) is 10.1 Å². The maximum atomic E-state index is 13.2. The molecule has 1 aliphatic heterocycles. The molecule has 0 bridgehead atoms. The predicted octanol–water partition coefficient (Wildman–Crippen LogP) is 6.01. The van der Waals surface area contributed by atoms with Crippen LogP contribution in [0, 0.1) is 11.3 Å². The summed E-state index contributed by atoms with van der Waals surface area (Å²) in [4.78, 5) is 17.3. The fraction of sp³-hybridized carbons (Fsp3) is 0.179. The molecule has 1 amide bonds. The number of hydrogen-bond donors (Lipinski definition) is 0.